The van der Waals surface area contributed by atoms with Gasteiger partial charge in [-0.25, -0.2) is 9.78 Å². The van der Waals surface area contributed by atoms with Gasteiger partial charge in [0.1, 0.15) is 5.82 Å². The van der Waals surface area contributed by atoms with Gasteiger partial charge < -0.3 is 9.72 Å². The smallest absolute Gasteiger partial charge is 0.338 e. The van der Waals surface area contributed by atoms with E-state index in [0.717, 1.165) is 0 Å². The van der Waals surface area contributed by atoms with Crippen LogP contribution in [-0.4, -0.2) is 37.5 Å². The molecule has 2 heterocycles. The van der Waals surface area contributed by atoms with Crippen molar-refractivity contribution in [1.29, 1.82) is 0 Å². The number of aryl methyl sites for hydroxylation is 1. The van der Waals surface area contributed by atoms with Gasteiger partial charge >= 0.3 is 5.97 Å². The number of fused-ring (bicyclic) bond motifs is 1. The summed E-state index contributed by atoms with van der Waals surface area (Å²) in [5.41, 5.74) is 1.10. The van der Waals surface area contributed by atoms with Gasteiger partial charge in [-0.05, 0) is 32.0 Å². The third-order valence-corrected chi connectivity index (χ3v) is 3.03. The number of H-pyrrole nitrogens is 1. The van der Waals surface area contributed by atoms with Gasteiger partial charge in [0.25, 0.3) is 5.56 Å². The predicted molar refractivity (Wildman–Crippen MR) is 78.0 cm³/mol. The first-order valence-electron chi connectivity index (χ1n) is 6.70. The minimum absolute atomic E-state index is 0.145. The molecule has 0 aliphatic rings. The fraction of sp³-hybridized carbons (Fsp3) is 0.214. The van der Waals surface area contributed by atoms with Crippen LogP contribution in [0.25, 0.3) is 16.9 Å². The summed E-state index contributed by atoms with van der Waals surface area (Å²) in [6.45, 7) is 3.71. The molecule has 22 heavy (non-hydrogen) atoms. The summed E-state index contributed by atoms with van der Waals surface area (Å²) in [6.07, 6.45) is 0. The monoisotopic (exact) mass is 299 g/mol. The number of rotatable bonds is 3. The van der Waals surface area contributed by atoms with Gasteiger partial charge in [-0.15, -0.1) is 5.10 Å². The highest BCUT2D eigenvalue weighted by molar-refractivity contribution is 5.90. The Kier molecular flexibility index (Phi) is 3.42. The lowest BCUT2D eigenvalue weighted by Crippen LogP contribution is -2.11. The first-order valence-corrected chi connectivity index (χ1v) is 6.70. The first kappa shape index (κ1) is 13.9. The molecule has 3 rings (SSSR count). The molecule has 0 unspecified atom stereocenters. The van der Waals surface area contributed by atoms with E-state index >= 15 is 0 Å². The van der Waals surface area contributed by atoms with Crippen molar-refractivity contribution in [3.63, 3.8) is 0 Å². The zero-order chi connectivity index (χ0) is 15.7. The molecule has 112 valence electrons. The molecule has 0 radical (unpaired) electrons. The third-order valence-electron chi connectivity index (χ3n) is 3.03. The minimum Gasteiger partial charge on any atom is -0.462 e. The van der Waals surface area contributed by atoms with Crippen molar-refractivity contribution in [2.24, 2.45) is 0 Å². The number of esters is 1. The Labute approximate surface area is 124 Å². The zero-order valence-corrected chi connectivity index (χ0v) is 12.0. The maximum absolute atomic E-state index is 11.8. The van der Waals surface area contributed by atoms with Gasteiger partial charge in [-0.3, -0.25) is 4.79 Å². The van der Waals surface area contributed by atoms with E-state index in [1.54, 1.807) is 38.1 Å². The van der Waals surface area contributed by atoms with E-state index in [0.29, 0.717) is 29.3 Å². The molecule has 0 bridgehead atoms. The second kappa shape index (κ2) is 5.40. The number of benzene rings is 1. The lowest BCUT2D eigenvalue weighted by atomic mass is 10.2. The van der Waals surface area contributed by atoms with Crippen molar-refractivity contribution in [1.82, 2.24) is 25.0 Å². The van der Waals surface area contributed by atoms with Crippen LogP contribution in [-0.2, 0) is 4.74 Å². The molecule has 8 nitrogen and oxygen atoms in total. The number of carbonyl (C=O) groups is 1. The highest BCUT2D eigenvalue weighted by Gasteiger charge is 2.14. The van der Waals surface area contributed by atoms with Crippen LogP contribution >= 0.6 is 0 Å². The Morgan fingerprint density at radius 2 is 2.23 bits per heavy atom. The molecule has 1 aromatic carbocycles. The Morgan fingerprint density at radius 3 is 3.00 bits per heavy atom. The molecule has 8 heteroatoms. The number of aromatic nitrogens is 5. The van der Waals surface area contributed by atoms with Crippen LogP contribution in [0.1, 0.15) is 23.1 Å². The summed E-state index contributed by atoms with van der Waals surface area (Å²) >= 11 is 0. The summed E-state index contributed by atoms with van der Waals surface area (Å²) < 4.78 is 6.39. The molecule has 0 fully saturated rings. The average molecular weight is 299 g/mol. The molecular weight excluding hydrogens is 286 g/mol. The fourth-order valence-electron chi connectivity index (χ4n) is 2.09. The predicted octanol–water partition coefficient (Wildman–Crippen LogP) is 0.989. The van der Waals surface area contributed by atoms with Crippen LogP contribution in [0.2, 0.25) is 0 Å². The zero-order valence-electron chi connectivity index (χ0n) is 12.0. The molecule has 1 N–H and O–H groups in total. The largest absolute Gasteiger partial charge is 0.462 e. The quantitative estimate of drug-likeness (QED) is 0.723. The summed E-state index contributed by atoms with van der Waals surface area (Å²) in [4.78, 5) is 30.4. The molecule has 0 saturated carbocycles. The van der Waals surface area contributed by atoms with Gasteiger partial charge in [-0.2, -0.15) is 4.68 Å². The molecule has 3 aromatic rings. The normalized spacial score (nSPS) is 10.8. The maximum atomic E-state index is 11.8. The lowest BCUT2D eigenvalue weighted by molar-refractivity contribution is 0.0526. The lowest BCUT2D eigenvalue weighted by Gasteiger charge is -2.05. The van der Waals surface area contributed by atoms with Crippen molar-refractivity contribution >= 4 is 17.1 Å². The number of aromatic amines is 1. The van der Waals surface area contributed by atoms with E-state index in [1.165, 1.54) is 4.68 Å². The SMILES string of the molecule is CCOC(=O)c1cccc(-n2nnc3c(=O)[nH]c(C)nc32)c1. The molecule has 0 spiro atoms. The number of hydrogen-bond acceptors (Lipinski definition) is 6. The molecular formula is C14H13N5O3. The Morgan fingerprint density at radius 1 is 1.41 bits per heavy atom. The summed E-state index contributed by atoms with van der Waals surface area (Å²) in [5, 5.41) is 7.78. The fourth-order valence-corrected chi connectivity index (χ4v) is 2.09. The minimum atomic E-state index is -0.421. The number of nitrogens with one attached hydrogen (secondary N) is 1. The van der Waals surface area contributed by atoms with E-state index in [4.69, 9.17) is 4.74 Å². The second-order valence-electron chi connectivity index (χ2n) is 4.60. The maximum Gasteiger partial charge on any atom is 0.338 e. The number of hydrogen-bond donors (Lipinski definition) is 1. The third kappa shape index (κ3) is 2.34. The average Bonchev–Trinajstić information content (AvgIpc) is 2.91. The van der Waals surface area contributed by atoms with Crippen LogP contribution in [0, 0.1) is 6.92 Å². The molecule has 0 amide bonds. The van der Waals surface area contributed by atoms with Gasteiger partial charge in [-0.1, -0.05) is 11.3 Å². The van der Waals surface area contributed by atoms with Crippen LogP contribution in [0.15, 0.2) is 29.1 Å². The Bertz CT molecular complexity index is 912. The van der Waals surface area contributed by atoms with E-state index in [9.17, 15) is 9.59 Å². The van der Waals surface area contributed by atoms with Crippen LogP contribution in [0.5, 0.6) is 0 Å². The molecule has 2 aromatic heterocycles. The van der Waals surface area contributed by atoms with Crippen LogP contribution in [0.3, 0.4) is 0 Å². The van der Waals surface area contributed by atoms with Gasteiger partial charge in [0, 0.05) is 0 Å². The summed E-state index contributed by atoms with van der Waals surface area (Å²) in [7, 11) is 0. The molecule has 0 aliphatic heterocycles. The van der Waals surface area contributed by atoms with Gasteiger partial charge in [0.05, 0.1) is 17.9 Å². The van der Waals surface area contributed by atoms with Crippen LogP contribution in [0.4, 0.5) is 0 Å². The number of nitrogens with zero attached hydrogens (tertiary/aromatic N) is 4. The van der Waals surface area contributed by atoms with Gasteiger partial charge in [0.2, 0.25) is 0 Å². The van der Waals surface area contributed by atoms with E-state index in [1.807, 2.05) is 0 Å². The summed E-state index contributed by atoms with van der Waals surface area (Å²) in [6, 6.07) is 6.71. The van der Waals surface area contributed by atoms with Gasteiger partial charge in [0.15, 0.2) is 11.2 Å². The van der Waals surface area contributed by atoms with Crippen molar-refractivity contribution in [3.05, 3.63) is 46.0 Å². The number of ether oxygens (including phenoxy) is 1. The molecule has 0 atom stereocenters. The van der Waals surface area contributed by atoms with E-state index < -0.39 is 5.97 Å². The number of carbonyl (C=O) groups excluding carboxylic acids is 1. The Hall–Kier alpha value is -3.03. The highest BCUT2D eigenvalue weighted by Crippen LogP contribution is 2.14. The highest BCUT2D eigenvalue weighted by atomic mass is 16.5. The molecule has 0 aliphatic carbocycles. The summed E-state index contributed by atoms with van der Waals surface area (Å²) in [5.74, 6) is 0.0401. The van der Waals surface area contributed by atoms with Crippen molar-refractivity contribution < 1.29 is 9.53 Å². The Balaban J connectivity index is 2.14. The van der Waals surface area contributed by atoms with E-state index in [-0.39, 0.29) is 11.1 Å². The second-order valence-corrected chi connectivity index (χ2v) is 4.60. The van der Waals surface area contributed by atoms with Crippen LogP contribution < -0.4 is 5.56 Å². The van der Waals surface area contributed by atoms with Crippen molar-refractivity contribution in [2.75, 3.05) is 6.61 Å². The topological polar surface area (TPSA) is 103 Å². The molecule has 0 saturated heterocycles. The van der Waals surface area contributed by atoms with Crippen molar-refractivity contribution in [2.45, 2.75) is 13.8 Å². The van der Waals surface area contributed by atoms with E-state index in [2.05, 4.69) is 20.3 Å². The first-order chi connectivity index (χ1) is 10.6. The standard InChI is InChI=1S/C14H13N5O3/c1-3-22-14(21)9-5-4-6-10(7-9)19-12-11(17-18-19)13(20)16-8(2)15-12/h4-7H,3H2,1-2H3,(H,15,16,20). The van der Waals surface area contributed by atoms with Crippen molar-refractivity contribution in [3.8, 4) is 5.69 Å².